The summed E-state index contributed by atoms with van der Waals surface area (Å²) in [5, 5.41) is 8.99. The van der Waals surface area contributed by atoms with Crippen molar-refractivity contribution < 1.29 is 19.0 Å². The lowest BCUT2D eigenvalue weighted by atomic mass is 10.0. The van der Waals surface area contributed by atoms with Crippen LogP contribution in [0.4, 0.5) is 14.9 Å². The van der Waals surface area contributed by atoms with Gasteiger partial charge in [-0.1, -0.05) is 18.2 Å². The van der Waals surface area contributed by atoms with Crippen molar-refractivity contribution in [1.29, 1.82) is 0 Å². The maximum atomic E-state index is 13.8. The number of nitrogens with zero attached hydrogens (tertiary/aromatic N) is 2. The Morgan fingerprint density at radius 1 is 1.04 bits per heavy atom. The highest BCUT2D eigenvalue weighted by molar-refractivity contribution is 5.68. The molecule has 0 bridgehead atoms. The molecule has 1 heterocycles. The molecule has 1 aliphatic rings. The number of anilines is 1. The van der Waals surface area contributed by atoms with Gasteiger partial charge in [0.2, 0.25) is 0 Å². The monoisotopic (exact) mass is 330 g/mol. The van der Waals surface area contributed by atoms with Crippen LogP contribution >= 0.6 is 0 Å². The topological polar surface area (TPSA) is 53.0 Å². The minimum atomic E-state index is -0.869. The van der Waals surface area contributed by atoms with Crippen LogP contribution in [0, 0.1) is 5.82 Å². The zero-order valence-electron chi connectivity index (χ0n) is 13.4. The van der Waals surface area contributed by atoms with Crippen molar-refractivity contribution in [3.05, 3.63) is 48.3 Å². The standard InChI is InChI=1S/C18H19FN2O3/c1-24-17-7-4-14(12-16(17)19)13-2-5-15(6-3-13)20-8-10-21(11-9-20)18(22)23/h2-7,12H,8-11H2,1H3,(H,22,23). The van der Waals surface area contributed by atoms with Crippen LogP contribution in [0.1, 0.15) is 0 Å². The van der Waals surface area contributed by atoms with E-state index in [9.17, 15) is 9.18 Å². The molecule has 1 amide bonds. The summed E-state index contributed by atoms with van der Waals surface area (Å²) in [7, 11) is 1.44. The Hall–Kier alpha value is -2.76. The molecule has 1 fully saturated rings. The molecule has 1 N–H and O–H groups in total. The first-order valence-corrected chi connectivity index (χ1v) is 7.75. The molecule has 5 nitrogen and oxygen atoms in total. The fourth-order valence-corrected chi connectivity index (χ4v) is 2.87. The van der Waals surface area contributed by atoms with E-state index in [1.165, 1.54) is 18.1 Å². The van der Waals surface area contributed by atoms with E-state index >= 15 is 0 Å². The van der Waals surface area contributed by atoms with Gasteiger partial charge < -0.3 is 19.6 Å². The molecule has 126 valence electrons. The number of rotatable bonds is 3. The molecule has 0 spiro atoms. The molecule has 0 aromatic heterocycles. The summed E-state index contributed by atoms with van der Waals surface area (Å²) in [5.74, 6) is -0.157. The predicted molar refractivity (Wildman–Crippen MR) is 90.2 cm³/mol. The summed E-state index contributed by atoms with van der Waals surface area (Å²) in [6.07, 6.45) is -0.869. The molecule has 0 saturated carbocycles. The number of hydrogen-bond acceptors (Lipinski definition) is 3. The van der Waals surface area contributed by atoms with Crippen LogP contribution < -0.4 is 9.64 Å². The van der Waals surface area contributed by atoms with E-state index in [1.807, 2.05) is 30.3 Å². The third kappa shape index (κ3) is 3.27. The van der Waals surface area contributed by atoms with Crippen LogP contribution in [0.3, 0.4) is 0 Å². The molecule has 2 aromatic rings. The Balaban J connectivity index is 1.72. The predicted octanol–water partition coefficient (Wildman–Crippen LogP) is 3.30. The van der Waals surface area contributed by atoms with Gasteiger partial charge in [0.05, 0.1) is 7.11 Å². The summed E-state index contributed by atoms with van der Waals surface area (Å²) in [4.78, 5) is 14.5. The molecule has 1 aliphatic heterocycles. The molecular formula is C18H19FN2O3. The summed E-state index contributed by atoms with van der Waals surface area (Å²) in [6, 6.07) is 12.7. The fourth-order valence-electron chi connectivity index (χ4n) is 2.87. The Morgan fingerprint density at radius 3 is 2.21 bits per heavy atom. The fraction of sp³-hybridized carbons (Fsp3) is 0.278. The molecule has 2 aromatic carbocycles. The Morgan fingerprint density at radius 2 is 1.67 bits per heavy atom. The smallest absolute Gasteiger partial charge is 0.407 e. The number of amides is 1. The van der Waals surface area contributed by atoms with Gasteiger partial charge in [-0.3, -0.25) is 0 Å². The second-order valence-corrected chi connectivity index (χ2v) is 5.65. The van der Waals surface area contributed by atoms with E-state index in [0.717, 1.165) is 16.8 Å². The summed E-state index contributed by atoms with van der Waals surface area (Å²) in [6.45, 7) is 2.34. The maximum Gasteiger partial charge on any atom is 0.407 e. The van der Waals surface area contributed by atoms with Crippen molar-refractivity contribution >= 4 is 11.8 Å². The van der Waals surface area contributed by atoms with E-state index in [1.54, 1.807) is 6.07 Å². The van der Waals surface area contributed by atoms with Crippen LogP contribution in [0.15, 0.2) is 42.5 Å². The van der Waals surface area contributed by atoms with Crippen molar-refractivity contribution in [3.63, 3.8) is 0 Å². The number of carbonyl (C=O) groups is 1. The lowest BCUT2D eigenvalue weighted by Gasteiger charge is -2.34. The van der Waals surface area contributed by atoms with Crippen LogP contribution in [0.5, 0.6) is 5.75 Å². The lowest BCUT2D eigenvalue weighted by molar-refractivity contribution is 0.142. The SMILES string of the molecule is COc1ccc(-c2ccc(N3CCN(C(=O)O)CC3)cc2)cc1F. The van der Waals surface area contributed by atoms with Crippen molar-refractivity contribution in [1.82, 2.24) is 4.90 Å². The average Bonchev–Trinajstić information content (AvgIpc) is 2.62. The van der Waals surface area contributed by atoms with E-state index < -0.39 is 6.09 Å². The van der Waals surface area contributed by atoms with E-state index in [-0.39, 0.29) is 11.6 Å². The second-order valence-electron chi connectivity index (χ2n) is 5.65. The number of carboxylic acid groups (broad SMARTS) is 1. The highest BCUT2D eigenvalue weighted by Crippen LogP contribution is 2.27. The number of methoxy groups -OCH3 is 1. The van der Waals surface area contributed by atoms with Gasteiger partial charge in [0, 0.05) is 31.9 Å². The minimum Gasteiger partial charge on any atom is -0.494 e. The molecule has 0 unspecified atom stereocenters. The summed E-state index contributed by atoms with van der Waals surface area (Å²) >= 11 is 0. The lowest BCUT2D eigenvalue weighted by Crippen LogP contribution is -2.48. The number of piperazine rings is 1. The molecule has 0 radical (unpaired) electrons. The Kier molecular flexibility index (Phi) is 4.55. The van der Waals surface area contributed by atoms with Crippen LogP contribution in [0.25, 0.3) is 11.1 Å². The average molecular weight is 330 g/mol. The molecule has 1 saturated heterocycles. The molecule has 3 rings (SSSR count). The third-order valence-electron chi connectivity index (χ3n) is 4.27. The van der Waals surface area contributed by atoms with E-state index in [4.69, 9.17) is 9.84 Å². The maximum absolute atomic E-state index is 13.8. The van der Waals surface area contributed by atoms with E-state index in [2.05, 4.69) is 4.90 Å². The first kappa shape index (κ1) is 16.1. The van der Waals surface area contributed by atoms with Crippen LogP contribution in [-0.2, 0) is 0 Å². The molecule has 6 heteroatoms. The number of hydrogen-bond donors (Lipinski definition) is 1. The van der Waals surface area contributed by atoms with Gasteiger partial charge in [0.1, 0.15) is 0 Å². The van der Waals surface area contributed by atoms with Gasteiger partial charge in [0.25, 0.3) is 0 Å². The summed E-state index contributed by atoms with van der Waals surface area (Å²) in [5.41, 5.74) is 2.75. The van der Waals surface area contributed by atoms with Gasteiger partial charge in [0.15, 0.2) is 11.6 Å². The van der Waals surface area contributed by atoms with E-state index in [0.29, 0.717) is 26.2 Å². The first-order valence-electron chi connectivity index (χ1n) is 7.75. The zero-order chi connectivity index (χ0) is 17.1. The van der Waals surface area contributed by atoms with Crippen molar-refractivity contribution in [2.24, 2.45) is 0 Å². The van der Waals surface area contributed by atoms with Crippen molar-refractivity contribution in [3.8, 4) is 16.9 Å². The molecule has 24 heavy (non-hydrogen) atoms. The third-order valence-corrected chi connectivity index (χ3v) is 4.27. The minimum absolute atomic E-state index is 0.228. The largest absolute Gasteiger partial charge is 0.494 e. The molecule has 0 aliphatic carbocycles. The Bertz CT molecular complexity index is 726. The molecule has 0 atom stereocenters. The second kappa shape index (κ2) is 6.78. The van der Waals surface area contributed by atoms with Gasteiger partial charge in [-0.15, -0.1) is 0 Å². The number of halogens is 1. The highest BCUT2D eigenvalue weighted by Gasteiger charge is 2.20. The van der Waals surface area contributed by atoms with Gasteiger partial charge in [-0.05, 0) is 35.4 Å². The van der Waals surface area contributed by atoms with Crippen molar-refractivity contribution in [2.45, 2.75) is 0 Å². The zero-order valence-corrected chi connectivity index (χ0v) is 13.4. The molecular weight excluding hydrogens is 311 g/mol. The van der Waals surface area contributed by atoms with Gasteiger partial charge in [-0.25, -0.2) is 9.18 Å². The van der Waals surface area contributed by atoms with Gasteiger partial charge in [-0.2, -0.15) is 0 Å². The highest BCUT2D eigenvalue weighted by atomic mass is 19.1. The normalized spacial score (nSPS) is 14.6. The van der Waals surface area contributed by atoms with Crippen LogP contribution in [0.2, 0.25) is 0 Å². The van der Waals surface area contributed by atoms with Crippen LogP contribution in [-0.4, -0.2) is 49.4 Å². The van der Waals surface area contributed by atoms with Crippen molar-refractivity contribution in [2.75, 3.05) is 38.2 Å². The summed E-state index contributed by atoms with van der Waals surface area (Å²) < 4.78 is 18.8. The Labute approximate surface area is 139 Å². The number of benzene rings is 2. The van der Waals surface area contributed by atoms with Gasteiger partial charge >= 0.3 is 6.09 Å². The number of ether oxygens (including phenoxy) is 1. The quantitative estimate of drug-likeness (QED) is 0.938. The first-order chi connectivity index (χ1) is 11.6.